The van der Waals surface area contributed by atoms with Gasteiger partial charge in [-0.1, -0.05) is 31.5 Å². The lowest BCUT2D eigenvalue weighted by Gasteiger charge is -2.19. The first kappa shape index (κ1) is 30.2. The van der Waals surface area contributed by atoms with Crippen LogP contribution in [0.4, 0.5) is 10.6 Å². The largest absolute Gasteiger partial charge is 0.443 e. The summed E-state index contributed by atoms with van der Waals surface area (Å²) < 4.78 is 7.26. The Labute approximate surface area is 256 Å². The number of carbonyl (C=O) groups excluding carboxylic acids is 2. The molecule has 4 aromatic rings. The molecule has 0 saturated heterocycles. The van der Waals surface area contributed by atoms with Crippen molar-refractivity contribution in [3.63, 3.8) is 0 Å². The Kier molecular flexibility index (Phi) is 8.25. The first-order valence-electron chi connectivity index (χ1n) is 14.2. The van der Waals surface area contributed by atoms with Gasteiger partial charge in [0, 0.05) is 53.1 Å². The van der Waals surface area contributed by atoms with Gasteiger partial charge in [0.1, 0.15) is 12.4 Å². The van der Waals surface area contributed by atoms with Crippen molar-refractivity contribution in [3.05, 3.63) is 77.1 Å². The van der Waals surface area contributed by atoms with Gasteiger partial charge in [-0.2, -0.15) is 5.10 Å². The van der Waals surface area contributed by atoms with Crippen LogP contribution in [0, 0.1) is 5.41 Å². The second-order valence-corrected chi connectivity index (χ2v) is 13.1. The summed E-state index contributed by atoms with van der Waals surface area (Å²) in [6, 6.07) is 9.18. The number of anilines is 1. The predicted octanol–water partition coefficient (Wildman–Crippen LogP) is 6.40. The van der Waals surface area contributed by atoms with Crippen LogP contribution in [-0.4, -0.2) is 42.3 Å². The number of nitrogens with zero attached hydrogens (tertiary/aromatic N) is 5. The summed E-state index contributed by atoms with van der Waals surface area (Å²) in [5.74, 6) is -0.261. The van der Waals surface area contributed by atoms with Crippen LogP contribution in [-0.2, 0) is 29.1 Å². The summed E-state index contributed by atoms with van der Waals surface area (Å²) in [6.07, 6.45) is 7.16. The first-order valence-corrected chi connectivity index (χ1v) is 14.5. The smallest absolute Gasteiger partial charge is 0.407 e. The van der Waals surface area contributed by atoms with Crippen molar-refractivity contribution in [1.29, 1.82) is 0 Å². The van der Waals surface area contributed by atoms with Crippen molar-refractivity contribution in [2.45, 2.75) is 72.6 Å². The van der Waals surface area contributed by atoms with Crippen LogP contribution in [0.3, 0.4) is 0 Å². The molecule has 0 aliphatic carbocycles. The van der Waals surface area contributed by atoms with E-state index < -0.39 is 12.0 Å². The van der Waals surface area contributed by atoms with E-state index >= 15 is 0 Å². The summed E-state index contributed by atoms with van der Waals surface area (Å²) in [7, 11) is 0. The maximum atomic E-state index is 13.2. The minimum absolute atomic E-state index is 0.0636. The predicted molar refractivity (Wildman–Crippen MR) is 166 cm³/mol. The maximum absolute atomic E-state index is 13.2. The normalized spacial score (nSPS) is 14.6. The van der Waals surface area contributed by atoms with Gasteiger partial charge < -0.3 is 15.4 Å². The molecule has 11 heteroatoms. The lowest BCUT2D eigenvalue weighted by Crippen LogP contribution is -2.40. The van der Waals surface area contributed by atoms with Gasteiger partial charge in [-0.25, -0.2) is 9.78 Å². The molecule has 0 aromatic carbocycles. The number of nitrogens with one attached hydrogen (secondary N) is 2. The molecular formula is C32H36ClN7O3. The van der Waals surface area contributed by atoms with Crippen molar-refractivity contribution in [2.75, 3.05) is 5.32 Å². The zero-order valence-corrected chi connectivity index (χ0v) is 26.0. The van der Waals surface area contributed by atoms with E-state index in [-0.39, 0.29) is 23.5 Å². The third-order valence-corrected chi connectivity index (χ3v) is 7.50. The van der Waals surface area contributed by atoms with Crippen LogP contribution in [0.5, 0.6) is 0 Å². The molecule has 1 atom stereocenters. The second-order valence-electron chi connectivity index (χ2n) is 12.7. The number of hydrogen-bond acceptors (Lipinski definition) is 7. The zero-order chi connectivity index (χ0) is 30.9. The third-order valence-electron chi connectivity index (χ3n) is 7.20. The van der Waals surface area contributed by atoms with Gasteiger partial charge in [-0.3, -0.25) is 19.4 Å². The van der Waals surface area contributed by atoms with Crippen LogP contribution in [0.15, 0.2) is 55.1 Å². The number of alkyl carbamates (subject to hydrolysis) is 1. The molecule has 1 aliphatic rings. The van der Waals surface area contributed by atoms with Gasteiger partial charge in [-0.05, 0) is 69.4 Å². The van der Waals surface area contributed by atoms with Gasteiger partial charge in [0.05, 0.1) is 28.5 Å². The van der Waals surface area contributed by atoms with Crippen molar-refractivity contribution < 1.29 is 14.3 Å². The van der Waals surface area contributed by atoms with Crippen molar-refractivity contribution in [3.8, 4) is 22.4 Å². The summed E-state index contributed by atoms with van der Waals surface area (Å²) in [5.41, 5.74) is 5.54. The Hall–Kier alpha value is -4.31. The van der Waals surface area contributed by atoms with E-state index in [1.165, 1.54) is 0 Å². The van der Waals surface area contributed by atoms with E-state index in [0.717, 1.165) is 40.9 Å². The molecule has 5 rings (SSSR count). The molecule has 5 heterocycles. The molecule has 10 nitrogen and oxygen atoms in total. The topological polar surface area (TPSA) is 124 Å². The molecule has 0 saturated carbocycles. The Morgan fingerprint density at radius 3 is 2.51 bits per heavy atom. The highest BCUT2D eigenvalue weighted by Crippen LogP contribution is 2.39. The van der Waals surface area contributed by atoms with Crippen LogP contribution >= 0.6 is 11.6 Å². The molecule has 0 bridgehead atoms. The lowest BCUT2D eigenvalue weighted by atomic mass is 9.89. The fourth-order valence-electron chi connectivity index (χ4n) is 4.95. The number of halogens is 1. The van der Waals surface area contributed by atoms with Gasteiger partial charge >= 0.3 is 6.09 Å². The quantitative estimate of drug-likeness (QED) is 0.251. The average molecular weight is 602 g/mol. The Morgan fingerprint density at radius 2 is 1.84 bits per heavy atom. The van der Waals surface area contributed by atoms with Crippen molar-refractivity contribution in [1.82, 2.24) is 30.0 Å². The number of hydrogen-bond donors (Lipinski definition) is 2. The highest BCUT2D eigenvalue weighted by molar-refractivity contribution is 6.33. The van der Waals surface area contributed by atoms with Crippen LogP contribution < -0.4 is 10.6 Å². The lowest BCUT2D eigenvalue weighted by molar-refractivity contribution is -0.117. The number of fused-ring (bicyclic) bond motifs is 1. The number of rotatable bonds is 7. The zero-order valence-electron chi connectivity index (χ0n) is 25.2. The number of amides is 2. The molecule has 2 amide bonds. The van der Waals surface area contributed by atoms with Gasteiger partial charge in [0.2, 0.25) is 5.91 Å². The fourth-order valence-corrected chi connectivity index (χ4v) is 5.15. The molecule has 1 aliphatic heterocycles. The fraction of sp³-hybridized carbons (Fsp3) is 0.375. The molecular weight excluding hydrogens is 566 g/mol. The maximum Gasteiger partial charge on any atom is 0.407 e. The molecule has 43 heavy (non-hydrogen) atoms. The van der Waals surface area contributed by atoms with Gasteiger partial charge in [0.15, 0.2) is 0 Å². The minimum Gasteiger partial charge on any atom is -0.443 e. The van der Waals surface area contributed by atoms with E-state index in [0.29, 0.717) is 22.2 Å². The number of aromatic nitrogens is 5. The highest BCUT2D eigenvalue weighted by atomic mass is 35.5. The van der Waals surface area contributed by atoms with Crippen LogP contribution in [0.1, 0.15) is 64.4 Å². The number of pyridine rings is 3. The Morgan fingerprint density at radius 1 is 1.05 bits per heavy atom. The van der Waals surface area contributed by atoms with Gasteiger partial charge in [0.25, 0.3) is 0 Å². The second kappa shape index (κ2) is 11.8. The molecule has 4 aromatic heterocycles. The first-order chi connectivity index (χ1) is 20.3. The Bertz CT molecular complexity index is 1640. The summed E-state index contributed by atoms with van der Waals surface area (Å²) in [5, 5.41) is 10.7. The highest BCUT2D eigenvalue weighted by Gasteiger charge is 2.32. The number of ether oxygens (including phenoxy) is 1. The summed E-state index contributed by atoms with van der Waals surface area (Å²) in [4.78, 5) is 38.3. The Balaban J connectivity index is 1.21. The van der Waals surface area contributed by atoms with Crippen molar-refractivity contribution >= 4 is 29.4 Å². The molecule has 2 N–H and O–H groups in total. The van der Waals surface area contributed by atoms with E-state index in [2.05, 4.69) is 44.5 Å². The molecule has 224 valence electrons. The van der Waals surface area contributed by atoms with Crippen LogP contribution in [0.25, 0.3) is 22.4 Å². The molecule has 1 unspecified atom stereocenters. The molecule has 0 spiro atoms. The van der Waals surface area contributed by atoms with E-state index in [4.69, 9.17) is 16.3 Å². The van der Waals surface area contributed by atoms with Crippen molar-refractivity contribution in [2.24, 2.45) is 5.41 Å². The summed E-state index contributed by atoms with van der Waals surface area (Å²) in [6.45, 7) is 12.8. The minimum atomic E-state index is -0.494. The number of carbonyl (C=O) groups is 2. The van der Waals surface area contributed by atoms with E-state index in [1.807, 2.05) is 56.8 Å². The SMILES string of the molecule is CC(C(=O)Nc1cc(-c2cnn3c2CC(C)(C)C3)c(Cl)cn1)c1ccc(-c2ccc(COC(=O)NC(C)(C)C)nc2)nc1. The van der Waals surface area contributed by atoms with Crippen LogP contribution in [0.2, 0.25) is 5.02 Å². The van der Waals surface area contributed by atoms with E-state index in [9.17, 15) is 9.59 Å². The molecule has 0 fully saturated rings. The monoisotopic (exact) mass is 601 g/mol. The molecule has 0 radical (unpaired) electrons. The van der Waals surface area contributed by atoms with Gasteiger partial charge in [-0.15, -0.1) is 0 Å². The average Bonchev–Trinajstić information content (AvgIpc) is 3.47. The third kappa shape index (κ3) is 7.19. The summed E-state index contributed by atoms with van der Waals surface area (Å²) >= 11 is 6.53. The van der Waals surface area contributed by atoms with E-state index in [1.54, 1.807) is 30.7 Å². The standard InChI is InChI=1S/C32H36ClN7O3/c1-19(20-8-10-26(35-13-20)21-7-9-22(34-14-21)17-43-30(42)39-31(2,3)4)29(41)38-28-11-23(25(33)16-36-28)24-15-37-40-18-32(5,6)12-27(24)40/h7-11,13-16,19H,12,17-18H2,1-6H3,(H,39,42)(H,36,38,41).